The minimum Gasteiger partial charge on any atom is -0.495 e. The van der Waals surface area contributed by atoms with Gasteiger partial charge in [0, 0.05) is 43.7 Å². The fourth-order valence-corrected chi connectivity index (χ4v) is 4.81. The van der Waals surface area contributed by atoms with Gasteiger partial charge >= 0.3 is 0 Å². The van der Waals surface area contributed by atoms with E-state index >= 15 is 0 Å². The van der Waals surface area contributed by atoms with Gasteiger partial charge in [-0.05, 0) is 50.0 Å². The first-order chi connectivity index (χ1) is 13.6. The van der Waals surface area contributed by atoms with Crippen molar-refractivity contribution in [1.29, 1.82) is 5.26 Å². The molecule has 0 N–H and O–H groups in total. The first-order valence-corrected chi connectivity index (χ1v) is 10.3. The van der Waals surface area contributed by atoms with Crippen LogP contribution in [-0.2, 0) is 11.2 Å². The minimum absolute atomic E-state index is 0.198. The van der Waals surface area contributed by atoms with E-state index in [0.717, 1.165) is 62.6 Å². The maximum Gasteiger partial charge on any atom is 0.234 e. The van der Waals surface area contributed by atoms with Crippen LogP contribution in [0.3, 0.4) is 0 Å². The lowest BCUT2D eigenvalue weighted by Crippen LogP contribution is -2.45. The Hall–Kier alpha value is -2.50. The molecule has 2 aliphatic rings. The van der Waals surface area contributed by atoms with E-state index in [1.807, 2.05) is 17.0 Å². The number of hydrogen-bond donors (Lipinski definition) is 0. The standard InChI is InChI=1S/C20H23N5O2S/c1-27-17-12-16(22-14-15(17)13-21)3-8-24-9-4-20(5-10-24)6-11-25(19(20)26)18-2-7-23-28-18/h2,7,12,14H,3-6,8-11H2,1H3. The van der Waals surface area contributed by atoms with Gasteiger partial charge in [-0.25, -0.2) is 0 Å². The fraction of sp³-hybridized carbons (Fsp3) is 0.500. The third kappa shape index (κ3) is 3.48. The molecule has 2 aromatic rings. The molecule has 0 aromatic carbocycles. The summed E-state index contributed by atoms with van der Waals surface area (Å²) in [4.78, 5) is 21.7. The largest absolute Gasteiger partial charge is 0.495 e. The third-order valence-electron chi connectivity index (χ3n) is 5.96. The number of nitrogens with zero attached hydrogens (tertiary/aromatic N) is 5. The van der Waals surface area contributed by atoms with Gasteiger partial charge in [-0.1, -0.05) is 0 Å². The molecule has 0 atom stereocenters. The number of carbonyl (C=O) groups excluding carboxylic acids is 1. The number of carbonyl (C=O) groups is 1. The average Bonchev–Trinajstić information content (AvgIpc) is 3.36. The summed E-state index contributed by atoms with van der Waals surface area (Å²) in [5, 5.41) is 10.0. The zero-order valence-electron chi connectivity index (χ0n) is 15.9. The molecule has 0 aliphatic carbocycles. The van der Waals surface area contributed by atoms with Crippen LogP contribution in [0.4, 0.5) is 5.00 Å². The van der Waals surface area contributed by atoms with Crippen molar-refractivity contribution in [1.82, 2.24) is 14.3 Å². The number of rotatable bonds is 5. The van der Waals surface area contributed by atoms with Gasteiger partial charge < -0.3 is 14.5 Å². The monoisotopic (exact) mass is 397 g/mol. The molecule has 1 spiro atoms. The molecular formula is C20H23N5O2S. The first-order valence-electron chi connectivity index (χ1n) is 9.53. The Balaban J connectivity index is 1.33. The van der Waals surface area contributed by atoms with Crippen LogP contribution in [0.2, 0.25) is 0 Å². The zero-order chi connectivity index (χ0) is 19.6. The first kappa shape index (κ1) is 18.8. The van der Waals surface area contributed by atoms with Crippen molar-refractivity contribution in [3.63, 3.8) is 0 Å². The molecule has 1 amide bonds. The maximum atomic E-state index is 13.0. The van der Waals surface area contributed by atoms with Crippen LogP contribution >= 0.6 is 11.5 Å². The lowest BCUT2D eigenvalue weighted by molar-refractivity contribution is -0.127. The predicted octanol–water partition coefficient (Wildman–Crippen LogP) is 2.48. The second-order valence-electron chi connectivity index (χ2n) is 7.42. The number of pyridine rings is 1. The summed E-state index contributed by atoms with van der Waals surface area (Å²) in [6.45, 7) is 3.55. The molecule has 2 aromatic heterocycles. The van der Waals surface area contributed by atoms with Crippen molar-refractivity contribution in [2.24, 2.45) is 5.41 Å². The lowest BCUT2D eigenvalue weighted by atomic mass is 9.77. The van der Waals surface area contributed by atoms with Crippen LogP contribution in [0.15, 0.2) is 24.5 Å². The Morgan fingerprint density at radius 1 is 1.32 bits per heavy atom. The summed E-state index contributed by atoms with van der Waals surface area (Å²) in [6.07, 6.45) is 6.89. The highest BCUT2D eigenvalue weighted by Crippen LogP contribution is 2.43. The topological polar surface area (TPSA) is 82.3 Å². The Labute approximate surface area is 168 Å². The number of likely N-dealkylation sites (tertiary alicyclic amines) is 1. The lowest BCUT2D eigenvalue weighted by Gasteiger charge is -2.37. The van der Waals surface area contributed by atoms with E-state index in [4.69, 9.17) is 10.00 Å². The van der Waals surface area contributed by atoms with Gasteiger partial charge in [-0.15, -0.1) is 0 Å². The number of ether oxygens (including phenoxy) is 1. The summed E-state index contributed by atoms with van der Waals surface area (Å²) in [7, 11) is 1.57. The Morgan fingerprint density at radius 2 is 2.11 bits per heavy atom. The molecule has 0 radical (unpaired) electrons. The van der Waals surface area contributed by atoms with Gasteiger partial charge in [0.1, 0.15) is 22.4 Å². The quantitative estimate of drug-likeness (QED) is 0.771. The van der Waals surface area contributed by atoms with Crippen LogP contribution in [0.1, 0.15) is 30.5 Å². The molecule has 2 aliphatic heterocycles. The summed E-state index contributed by atoms with van der Waals surface area (Å²) in [5.41, 5.74) is 1.18. The number of hydrogen-bond acceptors (Lipinski definition) is 7. The van der Waals surface area contributed by atoms with Gasteiger partial charge in [-0.2, -0.15) is 9.64 Å². The molecule has 2 fully saturated rings. The molecule has 2 saturated heterocycles. The van der Waals surface area contributed by atoms with Crippen molar-refractivity contribution in [3.8, 4) is 11.8 Å². The van der Waals surface area contributed by atoms with Crippen LogP contribution in [0.25, 0.3) is 0 Å². The smallest absolute Gasteiger partial charge is 0.234 e. The number of aromatic nitrogens is 2. The van der Waals surface area contributed by atoms with E-state index in [0.29, 0.717) is 11.3 Å². The molecule has 8 heteroatoms. The van der Waals surface area contributed by atoms with Gasteiger partial charge in [0.25, 0.3) is 0 Å². The molecular weight excluding hydrogens is 374 g/mol. The second kappa shape index (κ2) is 7.86. The summed E-state index contributed by atoms with van der Waals surface area (Å²) in [6, 6.07) is 5.86. The predicted molar refractivity (Wildman–Crippen MR) is 106 cm³/mol. The average molecular weight is 398 g/mol. The number of piperidine rings is 1. The van der Waals surface area contributed by atoms with Crippen LogP contribution in [0, 0.1) is 16.7 Å². The molecule has 4 rings (SSSR count). The van der Waals surface area contributed by atoms with Crippen molar-refractivity contribution in [2.75, 3.05) is 38.2 Å². The molecule has 7 nitrogen and oxygen atoms in total. The van der Waals surface area contributed by atoms with Gasteiger partial charge in [-0.3, -0.25) is 9.78 Å². The van der Waals surface area contributed by atoms with E-state index in [2.05, 4.69) is 20.3 Å². The van der Waals surface area contributed by atoms with Crippen molar-refractivity contribution in [2.45, 2.75) is 25.7 Å². The Morgan fingerprint density at radius 3 is 2.79 bits per heavy atom. The summed E-state index contributed by atoms with van der Waals surface area (Å²) in [5.74, 6) is 0.847. The number of amides is 1. The normalized spacial score (nSPS) is 19.1. The molecule has 146 valence electrons. The van der Waals surface area contributed by atoms with E-state index in [-0.39, 0.29) is 11.3 Å². The molecule has 0 bridgehead atoms. The zero-order valence-corrected chi connectivity index (χ0v) is 16.7. The second-order valence-corrected chi connectivity index (χ2v) is 8.23. The summed E-state index contributed by atoms with van der Waals surface area (Å²) < 4.78 is 9.39. The number of methoxy groups -OCH3 is 1. The SMILES string of the molecule is COc1cc(CCN2CCC3(CC2)CCN(c2ccns2)C3=O)ncc1C#N. The fourth-order valence-electron chi connectivity index (χ4n) is 4.19. The Kier molecular flexibility index (Phi) is 5.29. The molecule has 4 heterocycles. The van der Waals surface area contributed by atoms with Crippen LogP contribution in [-0.4, -0.2) is 53.5 Å². The van der Waals surface area contributed by atoms with E-state index < -0.39 is 0 Å². The molecule has 28 heavy (non-hydrogen) atoms. The highest BCUT2D eigenvalue weighted by Gasteiger charge is 2.48. The maximum absolute atomic E-state index is 13.0. The van der Waals surface area contributed by atoms with Gasteiger partial charge in [0.15, 0.2) is 0 Å². The highest BCUT2D eigenvalue weighted by atomic mass is 32.1. The van der Waals surface area contributed by atoms with E-state index in [9.17, 15) is 4.79 Å². The molecule has 0 unspecified atom stereocenters. The van der Waals surface area contributed by atoms with Crippen molar-refractivity contribution >= 4 is 22.4 Å². The minimum atomic E-state index is -0.198. The van der Waals surface area contributed by atoms with Crippen molar-refractivity contribution < 1.29 is 9.53 Å². The van der Waals surface area contributed by atoms with Crippen LogP contribution in [0.5, 0.6) is 5.75 Å². The van der Waals surface area contributed by atoms with E-state index in [1.165, 1.54) is 11.5 Å². The highest BCUT2D eigenvalue weighted by molar-refractivity contribution is 7.10. The van der Waals surface area contributed by atoms with Crippen molar-refractivity contribution in [3.05, 3.63) is 35.8 Å². The number of nitriles is 1. The Bertz CT molecular complexity index is 884. The van der Waals surface area contributed by atoms with E-state index in [1.54, 1.807) is 19.5 Å². The van der Waals surface area contributed by atoms with Gasteiger partial charge in [0.05, 0.1) is 12.5 Å². The summed E-state index contributed by atoms with van der Waals surface area (Å²) >= 11 is 1.39. The van der Waals surface area contributed by atoms with Gasteiger partial charge in [0.2, 0.25) is 5.91 Å². The van der Waals surface area contributed by atoms with Crippen LogP contribution < -0.4 is 9.64 Å². The molecule has 0 saturated carbocycles. The number of anilines is 1. The third-order valence-corrected chi connectivity index (χ3v) is 6.73.